The minimum absolute atomic E-state index is 0.108. The van der Waals surface area contributed by atoms with Gasteiger partial charge in [-0.2, -0.15) is 0 Å². The van der Waals surface area contributed by atoms with Gasteiger partial charge in [0, 0.05) is 18.8 Å². The van der Waals surface area contributed by atoms with Crippen molar-refractivity contribution < 1.29 is 4.74 Å². The van der Waals surface area contributed by atoms with Gasteiger partial charge < -0.3 is 9.64 Å². The van der Waals surface area contributed by atoms with Crippen molar-refractivity contribution in [3.05, 3.63) is 42.2 Å². The van der Waals surface area contributed by atoms with Gasteiger partial charge in [-0.3, -0.25) is 0 Å². The van der Waals surface area contributed by atoms with E-state index >= 15 is 0 Å². The third-order valence-corrected chi connectivity index (χ3v) is 2.91. The van der Waals surface area contributed by atoms with E-state index in [1.54, 1.807) is 6.26 Å². The molecule has 94 valence electrons. The largest absolute Gasteiger partial charge is 0.494 e. The molecule has 2 heteroatoms. The third-order valence-electron chi connectivity index (χ3n) is 2.91. The maximum Gasteiger partial charge on any atom is 0.120 e. The van der Waals surface area contributed by atoms with Crippen LogP contribution in [0.1, 0.15) is 39.4 Å². The molecule has 1 unspecified atom stereocenters. The Labute approximate surface area is 105 Å². The quantitative estimate of drug-likeness (QED) is 0.685. The van der Waals surface area contributed by atoms with Crippen molar-refractivity contribution in [2.24, 2.45) is 0 Å². The topological polar surface area (TPSA) is 12.5 Å². The summed E-state index contributed by atoms with van der Waals surface area (Å²) in [5, 5.41) is 0. The van der Waals surface area contributed by atoms with Crippen molar-refractivity contribution in [2.45, 2.75) is 33.8 Å². The van der Waals surface area contributed by atoms with Gasteiger partial charge in [-0.25, -0.2) is 0 Å². The molecule has 17 heavy (non-hydrogen) atoms. The summed E-state index contributed by atoms with van der Waals surface area (Å²) in [4.78, 5) is 2.33. The predicted molar refractivity (Wildman–Crippen MR) is 74.3 cm³/mol. The summed E-state index contributed by atoms with van der Waals surface area (Å²) in [6.45, 7) is 10.5. The van der Waals surface area contributed by atoms with Crippen LogP contribution in [0, 0.1) is 0 Å². The van der Waals surface area contributed by atoms with Crippen molar-refractivity contribution in [1.29, 1.82) is 0 Å². The van der Waals surface area contributed by atoms with Gasteiger partial charge in [-0.1, -0.05) is 18.2 Å². The molecule has 0 aliphatic heterocycles. The highest BCUT2D eigenvalue weighted by Gasteiger charge is 2.06. The average molecular weight is 233 g/mol. The van der Waals surface area contributed by atoms with Gasteiger partial charge in [-0.05, 0) is 45.4 Å². The molecule has 0 aromatic heterocycles. The second kappa shape index (κ2) is 7.00. The standard InChI is InChI=1S/C15H23NO/c1-5-12-17-13(4)14-8-10-15(11-9-14)16(6-2)7-3/h5,8-13H,6-7H2,1-4H3/b12-5-. The van der Waals surface area contributed by atoms with Gasteiger partial charge in [0.2, 0.25) is 0 Å². The van der Waals surface area contributed by atoms with Crippen LogP contribution >= 0.6 is 0 Å². The molecular weight excluding hydrogens is 210 g/mol. The Kier molecular flexibility index (Phi) is 5.61. The van der Waals surface area contributed by atoms with E-state index in [-0.39, 0.29) is 6.10 Å². The summed E-state index contributed by atoms with van der Waals surface area (Å²) in [7, 11) is 0. The molecule has 0 bridgehead atoms. The lowest BCUT2D eigenvalue weighted by molar-refractivity contribution is 0.164. The van der Waals surface area contributed by atoms with Crippen molar-refractivity contribution in [1.82, 2.24) is 0 Å². The fraction of sp³-hybridized carbons (Fsp3) is 0.467. The van der Waals surface area contributed by atoms with Crippen LogP contribution in [0.25, 0.3) is 0 Å². The zero-order valence-electron chi connectivity index (χ0n) is 11.3. The fourth-order valence-electron chi connectivity index (χ4n) is 1.82. The first-order chi connectivity index (χ1) is 8.22. The van der Waals surface area contributed by atoms with Crippen molar-refractivity contribution in [3.8, 4) is 0 Å². The Bertz CT molecular complexity index is 338. The van der Waals surface area contributed by atoms with E-state index in [0.717, 1.165) is 13.1 Å². The summed E-state index contributed by atoms with van der Waals surface area (Å²) in [5.41, 5.74) is 2.48. The zero-order chi connectivity index (χ0) is 12.7. The lowest BCUT2D eigenvalue weighted by Crippen LogP contribution is -2.21. The van der Waals surface area contributed by atoms with Crippen LogP contribution in [0.15, 0.2) is 36.6 Å². The molecule has 0 fully saturated rings. The molecule has 2 nitrogen and oxygen atoms in total. The molecular formula is C15H23NO. The summed E-state index contributed by atoms with van der Waals surface area (Å²) in [6.07, 6.45) is 3.75. The second-order valence-corrected chi connectivity index (χ2v) is 4.01. The lowest BCUT2D eigenvalue weighted by atomic mass is 10.1. The molecule has 1 aromatic carbocycles. The molecule has 0 amide bonds. The Hall–Kier alpha value is -1.44. The van der Waals surface area contributed by atoms with E-state index < -0.39 is 0 Å². The van der Waals surface area contributed by atoms with Crippen LogP contribution in [0.5, 0.6) is 0 Å². The van der Waals surface area contributed by atoms with Gasteiger partial charge >= 0.3 is 0 Å². The molecule has 0 spiro atoms. The Morgan fingerprint density at radius 1 is 1.18 bits per heavy atom. The summed E-state index contributed by atoms with van der Waals surface area (Å²) in [6, 6.07) is 8.61. The molecule has 0 saturated heterocycles. The Morgan fingerprint density at radius 2 is 1.76 bits per heavy atom. The SMILES string of the molecule is C/C=C\OC(C)c1ccc(N(CC)CC)cc1. The first-order valence-electron chi connectivity index (χ1n) is 6.34. The van der Waals surface area contributed by atoms with E-state index in [0.29, 0.717) is 0 Å². The molecule has 1 rings (SSSR count). The zero-order valence-corrected chi connectivity index (χ0v) is 11.3. The fourth-order valence-corrected chi connectivity index (χ4v) is 1.82. The number of rotatable bonds is 6. The van der Waals surface area contributed by atoms with Crippen LogP contribution in [-0.2, 0) is 4.74 Å². The number of nitrogens with zero attached hydrogens (tertiary/aromatic N) is 1. The highest BCUT2D eigenvalue weighted by molar-refractivity contribution is 5.47. The molecule has 1 atom stereocenters. The first-order valence-corrected chi connectivity index (χ1v) is 6.34. The number of anilines is 1. The Morgan fingerprint density at radius 3 is 2.24 bits per heavy atom. The van der Waals surface area contributed by atoms with Gasteiger partial charge in [0.25, 0.3) is 0 Å². The van der Waals surface area contributed by atoms with Gasteiger partial charge in [0.15, 0.2) is 0 Å². The van der Waals surface area contributed by atoms with Crippen molar-refractivity contribution >= 4 is 5.69 Å². The van der Waals surface area contributed by atoms with Crippen LogP contribution < -0.4 is 4.90 Å². The summed E-state index contributed by atoms with van der Waals surface area (Å²) < 4.78 is 5.54. The van der Waals surface area contributed by atoms with Crippen LogP contribution in [0.3, 0.4) is 0 Å². The van der Waals surface area contributed by atoms with Gasteiger partial charge in [0.05, 0.1) is 6.26 Å². The second-order valence-electron chi connectivity index (χ2n) is 4.01. The lowest BCUT2D eigenvalue weighted by Gasteiger charge is -2.21. The summed E-state index contributed by atoms with van der Waals surface area (Å²) >= 11 is 0. The normalized spacial score (nSPS) is 12.7. The highest BCUT2D eigenvalue weighted by Crippen LogP contribution is 2.21. The number of ether oxygens (including phenoxy) is 1. The molecule has 0 aliphatic carbocycles. The van der Waals surface area contributed by atoms with E-state index in [4.69, 9.17) is 4.74 Å². The van der Waals surface area contributed by atoms with Crippen LogP contribution in [0.2, 0.25) is 0 Å². The molecule has 0 saturated carbocycles. The smallest absolute Gasteiger partial charge is 0.120 e. The minimum Gasteiger partial charge on any atom is -0.494 e. The maximum absolute atomic E-state index is 5.54. The Balaban J connectivity index is 2.73. The van der Waals surface area contributed by atoms with Crippen molar-refractivity contribution in [2.75, 3.05) is 18.0 Å². The van der Waals surface area contributed by atoms with E-state index in [2.05, 4.69) is 49.9 Å². The highest BCUT2D eigenvalue weighted by atomic mass is 16.5. The van der Waals surface area contributed by atoms with Crippen LogP contribution in [-0.4, -0.2) is 13.1 Å². The number of benzene rings is 1. The van der Waals surface area contributed by atoms with E-state index in [9.17, 15) is 0 Å². The molecule has 0 N–H and O–H groups in total. The van der Waals surface area contributed by atoms with Gasteiger partial charge in [-0.15, -0.1) is 0 Å². The summed E-state index contributed by atoms with van der Waals surface area (Å²) in [5.74, 6) is 0. The number of hydrogen-bond donors (Lipinski definition) is 0. The molecule has 0 radical (unpaired) electrons. The van der Waals surface area contributed by atoms with E-state index in [1.165, 1.54) is 11.3 Å². The predicted octanol–water partition coefficient (Wildman–Crippen LogP) is 4.14. The first kappa shape index (κ1) is 13.6. The van der Waals surface area contributed by atoms with Crippen LogP contribution in [0.4, 0.5) is 5.69 Å². The molecule has 0 aliphatic rings. The van der Waals surface area contributed by atoms with E-state index in [1.807, 2.05) is 13.0 Å². The molecule has 0 heterocycles. The third kappa shape index (κ3) is 3.81. The van der Waals surface area contributed by atoms with Gasteiger partial charge in [0.1, 0.15) is 6.10 Å². The minimum atomic E-state index is 0.108. The monoisotopic (exact) mass is 233 g/mol. The average Bonchev–Trinajstić information content (AvgIpc) is 2.38. The maximum atomic E-state index is 5.54. The van der Waals surface area contributed by atoms with Crippen molar-refractivity contribution in [3.63, 3.8) is 0 Å². The number of allylic oxidation sites excluding steroid dienone is 1. The molecule has 1 aromatic rings. The number of hydrogen-bond acceptors (Lipinski definition) is 2.